The maximum atomic E-state index is 4.88. The highest BCUT2D eigenvalue weighted by atomic mass is 32.1. The van der Waals surface area contributed by atoms with Crippen molar-refractivity contribution in [2.75, 3.05) is 0 Å². The summed E-state index contributed by atoms with van der Waals surface area (Å²) < 4.78 is 1.22. The fraction of sp³-hybridized carbons (Fsp3) is 0.0385. The molecule has 0 aliphatic carbocycles. The highest BCUT2D eigenvalue weighted by Gasteiger charge is 2.08. The van der Waals surface area contributed by atoms with Crippen molar-refractivity contribution in [1.29, 1.82) is 0 Å². The third-order valence-corrected chi connectivity index (χ3v) is 6.21. The van der Waals surface area contributed by atoms with E-state index in [2.05, 4.69) is 97.9 Å². The van der Waals surface area contributed by atoms with Crippen molar-refractivity contribution < 1.29 is 0 Å². The summed E-state index contributed by atoms with van der Waals surface area (Å²) in [5.74, 6) is 0. The first-order valence-electron chi connectivity index (χ1n) is 9.40. The Bertz CT molecular complexity index is 1250. The quantitative estimate of drug-likeness (QED) is 0.315. The molecule has 0 amide bonds. The molecule has 5 aromatic rings. The molecule has 0 saturated carbocycles. The summed E-state index contributed by atoms with van der Waals surface area (Å²) >= 11 is 1.80. The largest absolute Gasteiger partial charge is 0.247 e. The summed E-state index contributed by atoms with van der Waals surface area (Å²) in [6, 6.07) is 34.2. The van der Waals surface area contributed by atoms with Gasteiger partial charge in [0.2, 0.25) is 0 Å². The van der Waals surface area contributed by atoms with Crippen LogP contribution < -0.4 is 0 Å². The number of aryl methyl sites for hydroxylation is 1. The Labute approximate surface area is 169 Å². The van der Waals surface area contributed by atoms with Crippen molar-refractivity contribution in [1.82, 2.24) is 4.98 Å². The summed E-state index contributed by atoms with van der Waals surface area (Å²) in [7, 11) is 0. The Morgan fingerprint density at radius 1 is 0.643 bits per heavy atom. The standard InChI is InChI=1S/C26H19NS/c1-18-7-5-6-10-22(18)19-11-13-21(14-12-19)26-17-24-25(28-26)16-15-23(27-24)20-8-3-2-4-9-20/h2-17H,1H3. The van der Waals surface area contributed by atoms with E-state index in [4.69, 9.17) is 4.98 Å². The Hall–Kier alpha value is -3.23. The average Bonchev–Trinajstić information content (AvgIpc) is 3.18. The number of nitrogens with zero attached hydrogens (tertiary/aromatic N) is 1. The molecule has 0 unspecified atom stereocenters. The number of fused-ring (bicyclic) bond motifs is 1. The zero-order valence-corrected chi connectivity index (χ0v) is 16.4. The van der Waals surface area contributed by atoms with Crippen LogP contribution in [0.3, 0.4) is 0 Å². The molecule has 2 heteroatoms. The number of pyridine rings is 1. The minimum absolute atomic E-state index is 1.02. The van der Waals surface area contributed by atoms with Crippen LogP contribution in [-0.4, -0.2) is 4.98 Å². The van der Waals surface area contributed by atoms with Crippen LogP contribution in [0.25, 0.3) is 43.0 Å². The maximum absolute atomic E-state index is 4.88. The van der Waals surface area contributed by atoms with Crippen LogP contribution in [0.1, 0.15) is 5.56 Å². The summed E-state index contributed by atoms with van der Waals surface area (Å²) in [4.78, 5) is 6.13. The van der Waals surface area contributed by atoms with Crippen LogP contribution in [0.4, 0.5) is 0 Å². The number of rotatable bonds is 3. The fourth-order valence-electron chi connectivity index (χ4n) is 3.55. The highest BCUT2D eigenvalue weighted by molar-refractivity contribution is 7.22. The van der Waals surface area contributed by atoms with Crippen molar-refractivity contribution in [2.24, 2.45) is 0 Å². The van der Waals surface area contributed by atoms with Gasteiger partial charge in [0.1, 0.15) is 0 Å². The summed E-state index contributed by atoms with van der Waals surface area (Å²) in [5.41, 5.74) is 8.32. The Balaban J connectivity index is 1.50. The lowest BCUT2D eigenvalue weighted by Gasteiger charge is -2.06. The van der Waals surface area contributed by atoms with E-state index in [1.807, 2.05) is 6.07 Å². The Morgan fingerprint density at radius 3 is 2.14 bits per heavy atom. The van der Waals surface area contributed by atoms with Gasteiger partial charge in [0.25, 0.3) is 0 Å². The summed E-state index contributed by atoms with van der Waals surface area (Å²) in [6.45, 7) is 2.16. The molecule has 0 bridgehead atoms. The van der Waals surface area contributed by atoms with E-state index in [0.717, 1.165) is 16.8 Å². The van der Waals surface area contributed by atoms with Gasteiger partial charge in [-0.25, -0.2) is 4.98 Å². The molecule has 3 aromatic carbocycles. The van der Waals surface area contributed by atoms with Crippen molar-refractivity contribution in [3.8, 4) is 32.8 Å². The normalized spacial score (nSPS) is 11.0. The molecule has 0 N–H and O–H groups in total. The molecule has 1 nitrogen and oxygen atoms in total. The van der Waals surface area contributed by atoms with E-state index in [1.165, 1.54) is 31.8 Å². The number of thiophene rings is 1. The number of hydrogen-bond donors (Lipinski definition) is 0. The molecule has 0 saturated heterocycles. The molecule has 0 atom stereocenters. The first kappa shape index (κ1) is 16.9. The third kappa shape index (κ3) is 3.12. The molecular formula is C26H19NS. The molecule has 0 radical (unpaired) electrons. The van der Waals surface area contributed by atoms with Crippen molar-refractivity contribution in [3.63, 3.8) is 0 Å². The van der Waals surface area contributed by atoms with Crippen LogP contribution in [0.15, 0.2) is 97.1 Å². The van der Waals surface area contributed by atoms with Gasteiger partial charge in [0.15, 0.2) is 0 Å². The topological polar surface area (TPSA) is 12.9 Å². The lowest BCUT2D eigenvalue weighted by molar-refractivity contribution is 1.41. The van der Waals surface area contributed by atoms with E-state index >= 15 is 0 Å². The number of benzene rings is 3. The van der Waals surface area contributed by atoms with Crippen LogP contribution >= 0.6 is 11.3 Å². The minimum atomic E-state index is 1.02. The van der Waals surface area contributed by atoms with Crippen LogP contribution in [-0.2, 0) is 0 Å². The third-order valence-electron chi connectivity index (χ3n) is 5.07. The van der Waals surface area contributed by atoms with Crippen LogP contribution in [0.2, 0.25) is 0 Å². The predicted octanol–water partition coefficient (Wildman–Crippen LogP) is 7.61. The van der Waals surface area contributed by atoms with Gasteiger partial charge < -0.3 is 0 Å². The van der Waals surface area contributed by atoms with Gasteiger partial charge in [0.05, 0.1) is 15.9 Å². The summed E-state index contributed by atoms with van der Waals surface area (Å²) in [6.07, 6.45) is 0. The smallest absolute Gasteiger partial charge is 0.0823 e. The second-order valence-corrected chi connectivity index (χ2v) is 8.03. The monoisotopic (exact) mass is 377 g/mol. The molecule has 0 fully saturated rings. The Morgan fingerprint density at radius 2 is 1.36 bits per heavy atom. The van der Waals surface area contributed by atoms with Crippen LogP contribution in [0.5, 0.6) is 0 Å². The summed E-state index contributed by atoms with van der Waals surface area (Å²) in [5, 5.41) is 0. The molecular weight excluding hydrogens is 358 g/mol. The molecule has 0 aliphatic rings. The fourth-order valence-corrected chi connectivity index (χ4v) is 4.55. The first-order valence-corrected chi connectivity index (χ1v) is 10.2. The lowest BCUT2D eigenvalue weighted by atomic mass is 9.99. The molecule has 134 valence electrons. The van der Waals surface area contributed by atoms with Crippen molar-refractivity contribution >= 4 is 21.6 Å². The van der Waals surface area contributed by atoms with Gasteiger partial charge >= 0.3 is 0 Å². The second kappa shape index (κ2) is 7.06. The maximum Gasteiger partial charge on any atom is 0.0823 e. The second-order valence-electron chi connectivity index (χ2n) is 6.95. The average molecular weight is 378 g/mol. The minimum Gasteiger partial charge on any atom is -0.247 e. The highest BCUT2D eigenvalue weighted by Crippen LogP contribution is 2.35. The van der Waals surface area contributed by atoms with Crippen molar-refractivity contribution in [3.05, 3.63) is 103 Å². The van der Waals surface area contributed by atoms with E-state index in [9.17, 15) is 0 Å². The van der Waals surface area contributed by atoms with E-state index < -0.39 is 0 Å². The molecule has 2 heterocycles. The zero-order chi connectivity index (χ0) is 18.9. The SMILES string of the molecule is Cc1ccccc1-c1ccc(-c2cc3nc(-c4ccccc4)ccc3s2)cc1. The van der Waals surface area contributed by atoms with Gasteiger partial charge in [-0.05, 0) is 47.4 Å². The van der Waals surface area contributed by atoms with Crippen molar-refractivity contribution in [2.45, 2.75) is 6.92 Å². The number of hydrogen-bond acceptors (Lipinski definition) is 2. The molecule has 0 aliphatic heterocycles. The molecule has 5 rings (SSSR count). The lowest BCUT2D eigenvalue weighted by Crippen LogP contribution is -1.82. The molecule has 2 aromatic heterocycles. The molecule has 28 heavy (non-hydrogen) atoms. The van der Waals surface area contributed by atoms with E-state index in [-0.39, 0.29) is 0 Å². The molecule has 0 spiro atoms. The van der Waals surface area contributed by atoms with Gasteiger partial charge in [-0.3, -0.25) is 0 Å². The van der Waals surface area contributed by atoms with E-state index in [0.29, 0.717) is 0 Å². The Kier molecular flexibility index (Phi) is 4.27. The zero-order valence-electron chi connectivity index (χ0n) is 15.6. The van der Waals surface area contributed by atoms with Gasteiger partial charge in [-0.1, -0.05) is 78.9 Å². The first-order chi connectivity index (χ1) is 13.8. The van der Waals surface area contributed by atoms with Crippen LogP contribution in [0, 0.1) is 6.92 Å². The van der Waals surface area contributed by atoms with Gasteiger partial charge in [-0.2, -0.15) is 0 Å². The number of aromatic nitrogens is 1. The predicted molar refractivity (Wildman–Crippen MR) is 121 cm³/mol. The van der Waals surface area contributed by atoms with Gasteiger partial charge in [0, 0.05) is 10.4 Å². The van der Waals surface area contributed by atoms with Gasteiger partial charge in [-0.15, -0.1) is 11.3 Å². The van der Waals surface area contributed by atoms with E-state index in [1.54, 1.807) is 11.3 Å².